The summed E-state index contributed by atoms with van der Waals surface area (Å²) in [5.41, 5.74) is -1.12. The molecule has 1 aliphatic heterocycles. The first-order chi connectivity index (χ1) is 14.4. The third kappa shape index (κ3) is 5.57. The molecule has 2 aliphatic rings. The molecule has 0 bridgehead atoms. The number of hydrogen-bond donors (Lipinski definition) is 5. The van der Waals surface area contributed by atoms with Crippen molar-refractivity contribution in [3.63, 3.8) is 0 Å². The van der Waals surface area contributed by atoms with Crippen LogP contribution in [0.4, 0.5) is 4.79 Å². The van der Waals surface area contributed by atoms with E-state index in [9.17, 15) is 24.4 Å². The quantitative estimate of drug-likeness (QED) is 0.382. The van der Waals surface area contributed by atoms with Gasteiger partial charge in [0, 0.05) is 12.1 Å². The molecule has 0 aromatic carbocycles. The fourth-order valence-electron chi connectivity index (χ4n) is 4.79. The highest BCUT2D eigenvalue weighted by Gasteiger charge is 2.69. The van der Waals surface area contributed by atoms with Crippen molar-refractivity contribution >= 4 is 25.0 Å². The standard InChI is InChI=1S/C22H41BN4O5/c1-10-13(23(31)32)24-17(28)15-14-12(22(14,8)9)11-27(15)18(29)16(20(2,3)4)25-19(30)26-21(5,6)7/h12-16,31-32H,10-11H2,1-9H3,(H,24,28)(H2,25,26,30)/t12-,13-,14-,15?,16+/m0/s1. The molecule has 10 heteroatoms. The van der Waals surface area contributed by atoms with Gasteiger partial charge in [-0.15, -0.1) is 0 Å². The van der Waals surface area contributed by atoms with Crippen molar-refractivity contribution in [1.82, 2.24) is 20.9 Å². The first kappa shape index (κ1) is 26.4. The second-order valence-corrected chi connectivity index (χ2v) is 12.0. The molecular weight excluding hydrogens is 411 g/mol. The molecular formula is C22H41BN4O5. The SMILES string of the molecule is CC[C@H](NC(=O)C1[C@@H]2[C@H](CN1C(=O)[C@@H](NC(=O)NC(C)(C)C)C(C)(C)C)C2(C)C)B(O)O. The molecule has 4 amide bonds. The second kappa shape index (κ2) is 8.86. The molecule has 2 rings (SSSR count). The van der Waals surface area contributed by atoms with Gasteiger partial charge in [0.05, 0.1) is 5.94 Å². The van der Waals surface area contributed by atoms with Gasteiger partial charge >= 0.3 is 13.1 Å². The fraction of sp³-hybridized carbons (Fsp3) is 0.864. The minimum absolute atomic E-state index is 0.0104. The number of amides is 4. The van der Waals surface area contributed by atoms with Crippen LogP contribution in [-0.2, 0) is 9.59 Å². The van der Waals surface area contributed by atoms with Crippen LogP contribution in [0.1, 0.15) is 68.7 Å². The van der Waals surface area contributed by atoms with Crippen LogP contribution in [0.25, 0.3) is 0 Å². The molecule has 1 heterocycles. The van der Waals surface area contributed by atoms with Crippen LogP contribution in [0.3, 0.4) is 0 Å². The second-order valence-electron chi connectivity index (χ2n) is 12.0. The number of rotatable bonds is 6. The average molecular weight is 452 g/mol. The van der Waals surface area contributed by atoms with Gasteiger partial charge in [0.1, 0.15) is 12.1 Å². The Hall–Kier alpha value is -1.81. The molecule has 0 aromatic rings. The zero-order valence-corrected chi connectivity index (χ0v) is 20.9. The van der Waals surface area contributed by atoms with Gasteiger partial charge in [-0.05, 0) is 49.9 Å². The highest BCUT2D eigenvalue weighted by atomic mass is 16.4. The lowest BCUT2D eigenvalue weighted by atomic mass is 9.77. The third-order valence-electron chi connectivity index (χ3n) is 6.76. The van der Waals surface area contributed by atoms with E-state index in [2.05, 4.69) is 29.8 Å². The molecule has 5 atom stereocenters. The van der Waals surface area contributed by atoms with Gasteiger partial charge < -0.3 is 30.9 Å². The Morgan fingerprint density at radius 1 is 1.09 bits per heavy atom. The lowest BCUT2D eigenvalue weighted by Gasteiger charge is -2.38. The summed E-state index contributed by atoms with van der Waals surface area (Å²) < 4.78 is 0. The molecule has 2 fully saturated rings. The molecule has 1 unspecified atom stereocenters. The van der Waals surface area contributed by atoms with Crippen LogP contribution >= 0.6 is 0 Å². The van der Waals surface area contributed by atoms with Crippen molar-refractivity contribution < 1.29 is 24.4 Å². The summed E-state index contributed by atoms with van der Waals surface area (Å²) in [6.07, 6.45) is 0.348. The maximum absolute atomic E-state index is 13.7. The Morgan fingerprint density at radius 3 is 2.09 bits per heavy atom. The number of fused-ring (bicyclic) bond motifs is 1. The first-order valence-corrected chi connectivity index (χ1v) is 11.5. The van der Waals surface area contributed by atoms with Crippen LogP contribution in [0, 0.1) is 22.7 Å². The van der Waals surface area contributed by atoms with E-state index < -0.39 is 42.1 Å². The number of nitrogens with zero attached hydrogens (tertiary/aromatic N) is 1. The van der Waals surface area contributed by atoms with Crippen molar-refractivity contribution in [2.75, 3.05) is 6.54 Å². The number of piperidine rings is 1. The fourth-order valence-corrected chi connectivity index (χ4v) is 4.79. The maximum Gasteiger partial charge on any atom is 0.475 e. The molecule has 1 saturated carbocycles. The summed E-state index contributed by atoms with van der Waals surface area (Å²) in [5.74, 6) is -1.32. The van der Waals surface area contributed by atoms with Gasteiger partial charge in [-0.2, -0.15) is 0 Å². The van der Waals surface area contributed by atoms with Gasteiger partial charge in [0.25, 0.3) is 0 Å². The summed E-state index contributed by atoms with van der Waals surface area (Å²) in [5, 5.41) is 27.4. The molecule has 0 aromatic heterocycles. The van der Waals surface area contributed by atoms with E-state index >= 15 is 0 Å². The van der Waals surface area contributed by atoms with E-state index in [4.69, 9.17) is 0 Å². The van der Waals surface area contributed by atoms with Crippen LogP contribution in [0.5, 0.6) is 0 Å². The van der Waals surface area contributed by atoms with Gasteiger partial charge in [-0.1, -0.05) is 41.5 Å². The molecule has 1 aliphatic carbocycles. The normalized spacial score (nSPS) is 26.0. The van der Waals surface area contributed by atoms with E-state index in [0.717, 1.165) is 0 Å². The Kier molecular flexibility index (Phi) is 7.32. The predicted molar refractivity (Wildman–Crippen MR) is 123 cm³/mol. The summed E-state index contributed by atoms with van der Waals surface area (Å²) in [6, 6.07) is -1.98. The van der Waals surface area contributed by atoms with E-state index in [1.54, 1.807) is 11.8 Å². The number of carbonyl (C=O) groups is 3. The highest BCUT2D eigenvalue weighted by Crippen LogP contribution is 2.65. The van der Waals surface area contributed by atoms with Gasteiger partial charge in [-0.3, -0.25) is 9.59 Å². The van der Waals surface area contributed by atoms with Crippen molar-refractivity contribution in [3.05, 3.63) is 0 Å². The molecule has 0 radical (unpaired) electrons. The topological polar surface area (TPSA) is 131 Å². The van der Waals surface area contributed by atoms with Gasteiger partial charge in [-0.25, -0.2) is 4.79 Å². The number of hydrogen-bond acceptors (Lipinski definition) is 5. The zero-order valence-electron chi connectivity index (χ0n) is 20.9. The minimum atomic E-state index is -1.68. The van der Waals surface area contributed by atoms with E-state index in [1.165, 1.54) is 0 Å². The molecule has 0 spiro atoms. The van der Waals surface area contributed by atoms with E-state index in [-0.39, 0.29) is 29.1 Å². The summed E-state index contributed by atoms with van der Waals surface area (Å²) in [6.45, 7) is 17.5. The van der Waals surface area contributed by atoms with E-state index in [0.29, 0.717) is 13.0 Å². The smallest absolute Gasteiger partial charge is 0.426 e. The Labute approximate surface area is 192 Å². The van der Waals surface area contributed by atoms with Crippen molar-refractivity contribution in [2.45, 2.75) is 92.3 Å². The third-order valence-corrected chi connectivity index (χ3v) is 6.76. The lowest BCUT2D eigenvalue weighted by Crippen LogP contribution is -2.62. The molecule has 9 nitrogen and oxygen atoms in total. The monoisotopic (exact) mass is 452 g/mol. The zero-order chi connectivity index (χ0) is 24.8. The lowest BCUT2D eigenvalue weighted by molar-refractivity contribution is -0.143. The predicted octanol–water partition coefficient (Wildman–Crippen LogP) is 0.889. The Bertz CT molecular complexity index is 744. The van der Waals surface area contributed by atoms with E-state index in [1.807, 2.05) is 41.5 Å². The minimum Gasteiger partial charge on any atom is -0.426 e. The van der Waals surface area contributed by atoms with Crippen LogP contribution in [-0.4, -0.2) is 70.0 Å². The van der Waals surface area contributed by atoms with Gasteiger partial charge in [0.15, 0.2) is 0 Å². The van der Waals surface area contributed by atoms with Crippen molar-refractivity contribution in [2.24, 2.45) is 22.7 Å². The molecule has 182 valence electrons. The molecule has 5 N–H and O–H groups in total. The van der Waals surface area contributed by atoms with Crippen LogP contribution in [0.15, 0.2) is 0 Å². The number of urea groups is 1. The first-order valence-electron chi connectivity index (χ1n) is 11.5. The largest absolute Gasteiger partial charge is 0.475 e. The highest BCUT2D eigenvalue weighted by molar-refractivity contribution is 6.43. The number of nitrogens with one attached hydrogen (secondary N) is 3. The van der Waals surface area contributed by atoms with Gasteiger partial charge in [0.2, 0.25) is 11.8 Å². The number of carbonyl (C=O) groups excluding carboxylic acids is 3. The molecule has 32 heavy (non-hydrogen) atoms. The van der Waals surface area contributed by atoms with Crippen molar-refractivity contribution in [1.29, 1.82) is 0 Å². The van der Waals surface area contributed by atoms with Crippen molar-refractivity contribution in [3.8, 4) is 0 Å². The Balaban J connectivity index is 2.27. The number of likely N-dealkylation sites (tertiary alicyclic amines) is 1. The summed E-state index contributed by atoms with van der Waals surface area (Å²) in [4.78, 5) is 41.0. The maximum atomic E-state index is 13.7. The summed E-state index contributed by atoms with van der Waals surface area (Å²) in [7, 11) is -1.68. The average Bonchev–Trinajstić information content (AvgIpc) is 2.97. The Morgan fingerprint density at radius 2 is 1.66 bits per heavy atom. The van der Waals surface area contributed by atoms with Crippen LogP contribution in [0.2, 0.25) is 0 Å². The van der Waals surface area contributed by atoms with Crippen LogP contribution < -0.4 is 16.0 Å². The molecule has 1 saturated heterocycles. The summed E-state index contributed by atoms with van der Waals surface area (Å²) >= 11 is 0.